The normalized spacial score (nSPS) is 15.2. The molecule has 0 aliphatic heterocycles. The van der Waals surface area contributed by atoms with Gasteiger partial charge in [-0.2, -0.15) is 5.10 Å². The van der Waals surface area contributed by atoms with Crippen molar-refractivity contribution >= 4 is 27.8 Å². The lowest BCUT2D eigenvalue weighted by atomic mass is 10.1. The van der Waals surface area contributed by atoms with Gasteiger partial charge in [0.2, 0.25) is 0 Å². The van der Waals surface area contributed by atoms with E-state index in [2.05, 4.69) is 9.97 Å². The topological polar surface area (TPSA) is 105 Å². The second-order valence-corrected chi connectivity index (χ2v) is 9.15. The van der Waals surface area contributed by atoms with Crippen molar-refractivity contribution in [3.05, 3.63) is 76.6 Å². The van der Waals surface area contributed by atoms with Gasteiger partial charge in [-0.3, -0.25) is 9.36 Å². The highest BCUT2D eigenvalue weighted by atomic mass is 19.1. The van der Waals surface area contributed by atoms with Crippen molar-refractivity contribution in [3.63, 3.8) is 0 Å². The molecule has 1 aliphatic rings. The van der Waals surface area contributed by atoms with E-state index in [0.29, 0.717) is 28.1 Å². The second-order valence-electron chi connectivity index (χ2n) is 9.15. The van der Waals surface area contributed by atoms with E-state index in [1.165, 1.54) is 30.6 Å². The molecule has 2 aromatic carbocycles. The summed E-state index contributed by atoms with van der Waals surface area (Å²) in [5.74, 6) is -0.335. The van der Waals surface area contributed by atoms with E-state index < -0.39 is 23.2 Å². The Kier molecular flexibility index (Phi) is 5.24. The number of nitrogens with zero attached hydrogens (tertiary/aromatic N) is 6. The van der Waals surface area contributed by atoms with Gasteiger partial charge in [-0.05, 0) is 44.0 Å². The van der Waals surface area contributed by atoms with Crippen LogP contribution in [0.3, 0.4) is 0 Å². The maximum Gasteiger partial charge on any atom is 0.264 e. The van der Waals surface area contributed by atoms with Gasteiger partial charge in [0.15, 0.2) is 5.65 Å². The molecule has 3 aromatic heterocycles. The molecule has 0 amide bonds. The molecule has 10 heteroatoms. The van der Waals surface area contributed by atoms with Crippen LogP contribution in [0.25, 0.3) is 33.2 Å². The molecule has 6 rings (SSSR count). The van der Waals surface area contributed by atoms with Gasteiger partial charge in [0.1, 0.15) is 46.7 Å². The molecule has 36 heavy (non-hydrogen) atoms. The lowest BCUT2D eigenvalue weighted by Crippen LogP contribution is -2.31. The van der Waals surface area contributed by atoms with Crippen molar-refractivity contribution in [2.45, 2.75) is 44.7 Å². The molecule has 8 nitrogen and oxygen atoms in total. The molecule has 1 fully saturated rings. The number of aromatic nitrogens is 6. The molecule has 0 radical (unpaired) electrons. The smallest absolute Gasteiger partial charge is 0.264 e. The average molecular weight is 488 g/mol. The molecule has 1 unspecified atom stereocenters. The SMILES string of the molecule is CC(c1nc2cccc(F)c2c(=O)n1C1CCCC1)n1nc(-c2cccc(F)c2)c2c(N)ncnc21. The highest BCUT2D eigenvalue weighted by Gasteiger charge is 2.29. The van der Waals surface area contributed by atoms with Crippen LogP contribution in [0.2, 0.25) is 0 Å². The van der Waals surface area contributed by atoms with Crippen molar-refractivity contribution in [1.29, 1.82) is 0 Å². The molecule has 0 spiro atoms. The van der Waals surface area contributed by atoms with Crippen LogP contribution in [-0.2, 0) is 0 Å². The Bertz CT molecular complexity index is 1690. The number of hydrogen-bond donors (Lipinski definition) is 1. The third-order valence-electron chi connectivity index (χ3n) is 6.95. The fraction of sp³-hybridized carbons (Fsp3) is 0.269. The fourth-order valence-electron chi connectivity index (χ4n) is 5.24. The van der Waals surface area contributed by atoms with E-state index in [0.717, 1.165) is 25.7 Å². The Morgan fingerprint density at radius 1 is 1.06 bits per heavy atom. The van der Waals surface area contributed by atoms with Gasteiger partial charge in [0.05, 0.1) is 10.9 Å². The molecular weight excluding hydrogens is 464 g/mol. The first kappa shape index (κ1) is 22.3. The molecule has 182 valence electrons. The minimum Gasteiger partial charge on any atom is -0.383 e. The summed E-state index contributed by atoms with van der Waals surface area (Å²) in [5.41, 5.74) is 7.48. The summed E-state index contributed by atoms with van der Waals surface area (Å²) in [5, 5.41) is 5.24. The van der Waals surface area contributed by atoms with Gasteiger partial charge in [0.25, 0.3) is 5.56 Å². The van der Waals surface area contributed by atoms with E-state index in [1.807, 2.05) is 6.92 Å². The van der Waals surface area contributed by atoms with Crippen LogP contribution < -0.4 is 11.3 Å². The number of anilines is 1. The summed E-state index contributed by atoms with van der Waals surface area (Å²) >= 11 is 0. The Morgan fingerprint density at radius 2 is 1.83 bits per heavy atom. The van der Waals surface area contributed by atoms with E-state index in [9.17, 15) is 13.6 Å². The van der Waals surface area contributed by atoms with Crippen molar-refractivity contribution in [2.75, 3.05) is 5.73 Å². The van der Waals surface area contributed by atoms with E-state index in [-0.39, 0.29) is 22.8 Å². The largest absolute Gasteiger partial charge is 0.383 e. The summed E-state index contributed by atoms with van der Waals surface area (Å²) in [7, 11) is 0. The summed E-state index contributed by atoms with van der Waals surface area (Å²) in [4.78, 5) is 26.9. The number of nitrogen functional groups attached to an aromatic ring is 1. The van der Waals surface area contributed by atoms with E-state index in [1.54, 1.807) is 27.4 Å². The minimum absolute atomic E-state index is 0.0160. The number of halogens is 2. The molecular formula is C26H23F2N7O. The van der Waals surface area contributed by atoms with Gasteiger partial charge >= 0.3 is 0 Å². The van der Waals surface area contributed by atoms with Crippen molar-refractivity contribution in [2.24, 2.45) is 0 Å². The van der Waals surface area contributed by atoms with Gasteiger partial charge in [-0.25, -0.2) is 28.4 Å². The monoisotopic (exact) mass is 487 g/mol. The molecule has 2 N–H and O–H groups in total. The second kappa shape index (κ2) is 8.47. The van der Waals surface area contributed by atoms with Crippen LogP contribution in [0, 0.1) is 11.6 Å². The number of hydrogen-bond acceptors (Lipinski definition) is 6. The van der Waals surface area contributed by atoms with Gasteiger partial charge in [-0.15, -0.1) is 0 Å². The van der Waals surface area contributed by atoms with Crippen LogP contribution in [-0.4, -0.2) is 29.3 Å². The quantitative estimate of drug-likeness (QED) is 0.391. The lowest BCUT2D eigenvalue weighted by Gasteiger charge is -2.23. The Balaban J connectivity index is 1.62. The molecule has 1 saturated carbocycles. The van der Waals surface area contributed by atoms with Crippen LogP contribution in [0.4, 0.5) is 14.6 Å². The summed E-state index contributed by atoms with van der Waals surface area (Å²) in [6, 6.07) is 9.85. The Morgan fingerprint density at radius 3 is 2.61 bits per heavy atom. The summed E-state index contributed by atoms with van der Waals surface area (Å²) in [6.45, 7) is 1.86. The first-order chi connectivity index (χ1) is 17.4. The maximum atomic E-state index is 14.7. The predicted octanol–water partition coefficient (Wildman–Crippen LogP) is 4.79. The third-order valence-corrected chi connectivity index (χ3v) is 6.95. The number of rotatable bonds is 4. The van der Waals surface area contributed by atoms with Gasteiger partial charge < -0.3 is 5.73 Å². The van der Waals surface area contributed by atoms with Crippen molar-refractivity contribution in [1.82, 2.24) is 29.3 Å². The predicted molar refractivity (Wildman–Crippen MR) is 132 cm³/mol. The highest BCUT2D eigenvalue weighted by Crippen LogP contribution is 2.35. The average Bonchev–Trinajstić information content (AvgIpc) is 3.52. The van der Waals surface area contributed by atoms with Crippen molar-refractivity contribution in [3.8, 4) is 11.3 Å². The molecule has 5 aromatic rings. The highest BCUT2D eigenvalue weighted by molar-refractivity contribution is 5.98. The molecule has 3 heterocycles. The summed E-state index contributed by atoms with van der Waals surface area (Å²) < 4.78 is 32.0. The summed E-state index contributed by atoms with van der Waals surface area (Å²) in [6.07, 6.45) is 4.93. The van der Waals surface area contributed by atoms with Gasteiger partial charge in [-0.1, -0.05) is 31.0 Å². The molecule has 0 saturated heterocycles. The molecule has 1 atom stereocenters. The number of nitrogens with two attached hydrogens (primary N) is 1. The van der Waals surface area contributed by atoms with E-state index >= 15 is 0 Å². The van der Waals surface area contributed by atoms with Crippen LogP contribution in [0.1, 0.15) is 50.5 Å². The van der Waals surface area contributed by atoms with Crippen LogP contribution >= 0.6 is 0 Å². The number of benzene rings is 2. The Hall–Kier alpha value is -4.21. The van der Waals surface area contributed by atoms with Crippen molar-refractivity contribution < 1.29 is 8.78 Å². The molecule has 1 aliphatic carbocycles. The third kappa shape index (κ3) is 3.43. The standard InChI is InChI=1S/C26H23F2N7O/c1-14(24-32-19-11-5-10-18(28)20(19)26(36)34(24)17-8-2-3-9-17)35-25-21(23(29)30-13-31-25)22(33-35)15-6-4-7-16(27)12-15/h4-7,10-14,17H,2-3,8-9H2,1H3,(H2,29,30,31). The molecule has 0 bridgehead atoms. The lowest BCUT2D eigenvalue weighted by molar-refractivity contribution is 0.433. The zero-order chi connectivity index (χ0) is 25.0. The Labute approximate surface area is 204 Å². The first-order valence-corrected chi connectivity index (χ1v) is 11.9. The maximum absolute atomic E-state index is 14.7. The zero-order valence-electron chi connectivity index (χ0n) is 19.5. The van der Waals surface area contributed by atoms with Crippen LogP contribution in [0.15, 0.2) is 53.6 Å². The minimum atomic E-state index is -0.589. The van der Waals surface area contributed by atoms with Gasteiger partial charge in [0, 0.05) is 11.6 Å². The zero-order valence-corrected chi connectivity index (χ0v) is 19.5. The van der Waals surface area contributed by atoms with E-state index in [4.69, 9.17) is 15.8 Å². The first-order valence-electron chi connectivity index (χ1n) is 11.9. The fourth-order valence-corrected chi connectivity index (χ4v) is 5.24. The number of fused-ring (bicyclic) bond motifs is 2. The van der Waals surface area contributed by atoms with Crippen LogP contribution in [0.5, 0.6) is 0 Å².